The van der Waals surface area contributed by atoms with Gasteiger partial charge in [-0.2, -0.15) is 0 Å². The Morgan fingerprint density at radius 1 is 1.22 bits per heavy atom. The normalized spacial score (nSPS) is 50.0. The molecule has 0 heterocycles. The monoisotopic (exact) mass is 324 g/mol. The number of fused-ring (bicyclic) bond motifs is 1. The van der Waals surface area contributed by atoms with Gasteiger partial charge in [-0.1, -0.05) is 33.8 Å². The minimum absolute atomic E-state index is 0.0555. The van der Waals surface area contributed by atoms with Gasteiger partial charge in [0.1, 0.15) is 0 Å². The van der Waals surface area contributed by atoms with Crippen molar-refractivity contribution in [2.75, 3.05) is 0 Å². The lowest BCUT2D eigenvalue weighted by Gasteiger charge is -2.62. The van der Waals surface area contributed by atoms with E-state index in [4.69, 9.17) is 0 Å². The molecule has 2 fully saturated rings. The second-order valence-electron chi connectivity index (χ2n) is 9.21. The molecule has 2 aliphatic carbocycles. The van der Waals surface area contributed by atoms with Crippen molar-refractivity contribution in [2.24, 2.45) is 28.6 Å². The molecule has 0 radical (unpaired) electrons. The molecule has 0 aromatic heterocycles. The van der Waals surface area contributed by atoms with Gasteiger partial charge >= 0.3 is 0 Å². The number of aliphatic hydroxyl groups excluding tert-OH is 2. The van der Waals surface area contributed by atoms with Crippen molar-refractivity contribution < 1.29 is 15.3 Å². The lowest BCUT2D eigenvalue weighted by molar-refractivity contribution is -0.180. The van der Waals surface area contributed by atoms with E-state index < -0.39 is 5.60 Å². The molecule has 2 aliphatic rings. The summed E-state index contributed by atoms with van der Waals surface area (Å²) in [6, 6.07) is 0. The van der Waals surface area contributed by atoms with Gasteiger partial charge in [-0.3, -0.25) is 0 Å². The fraction of sp³-hybridized carbons (Fsp3) is 0.900. The highest BCUT2D eigenvalue weighted by Crippen LogP contribution is 2.63. The Morgan fingerprint density at radius 3 is 2.39 bits per heavy atom. The van der Waals surface area contributed by atoms with Gasteiger partial charge in [0.15, 0.2) is 0 Å². The van der Waals surface area contributed by atoms with Gasteiger partial charge < -0.3 is 15.3 Å². The fourth-order valence-electron chi connectivity index (χ4n) is 5.43. The van der Waals surface area contributed by atoms with Crippen LogP contribution in [0.2, 0.25) is 0 Å². The lowest BCUT2D eigenvalue weighted by Crippen LogP contribution is -2.59. The third-order valence-electron chi connectivity index (χ3n) is 7.73. The molecule has 0 unspecified atom stereocenters. The highest BCUT2D eigenvalue weighted by Gasteiger charge is 2.59. The zero-order valence-corrected chi connectivity index (χ0v) is 15.5. The van der Waals surface area contributed by atoms with Gasteiger partial charge in [0, 0.05) is 0 Å². The topological polar surface area (TPSA) is 60.7 Å². The average Bonchev–Trinajstić information content (AvgIpc) is 2.47. The van der Waals surface area contributed by atoms with E-state index in [-0.39, 0.29) is 29.0 Å². The number of hydrogen-bond acceptors (Lipinski definition) is 3. The second-order valence-corrected chi connectivity index (χ2v) is 9.21. The Hall–Kier alpha value is -0.380. The summed E-state index contributed by atoms with van der Waals surface area (Å²) >= 11 is 0. The van der Waals surface area contributed by atoms with Crippen molar-refractivity contribution in [3.63, 3.8) is 0 Å². The highest BCUT2D eigenvalue weighted by atomic mass is 16.3. The molecule has 0 saturated heterocycles. The van der Waals surface area contributed by atoms with E-state index in [0.29, 0.717) is 18.3 Å². The average molecular weight is 325 g/mol. The highest BCUT2D eigenvalue weighted by molar-refractivity contribution is 5.08. The summed E-state index contributed by atoms with van der Waals surface area (Å²) < 4.78 is 0. The summed E-state index contributed by atoms with van der Waals surface area (Å²) in [5.74, 6) is 0.934. The summed E-state index contributed by atoms with van der Waals surface area (Å²) in [7, 11) is 0. The van der Waals surface area contributed by atoms with Crippen LogP contribution in [-0.2, 0) is 0 Å². The van der Waals surface area contributed by atoms with Crippen LogP contribution in [0.5, 0.6) is 0 Å². The van der Waals surface area contributed by atoms with E-state index in [1.54, 1.807) is 13.0 Å². The molecule has 2 saturated carbocycles. The molecule has 0 aromatic carbocycles. The first-order valence-electron chi connectivity index (χ1n) is 9.18. The Labute approximate surface area is 141 Å². The van der Waals surface area contributed by atoms with Crippen molar-refractivity contribution in [3.8, 4) is 0 Å². The number of hydrogen-bond donors (Lipinski definition) is 3. The quantitative estimate of drug-likeness (QED) is 0.693. The van der Waals surface area contributed by atoms with E-state index >= 15 is 0 Å². The summed E-state index contributed by atoms with van der Waals surface area (Å²) in [5.41, 5.74) is -0.907. The van der Waals surface area contributed by atoms with Crippen LogP contribution in [0.25, 0.3) is 0 Å². The van der Waals surface area contributed by atoms with Crippen molar-refractivity contribution >= 4 is 0 Å². The van der Waals surface area contributed by atoms with Crippen LogP contribution in [0.4, 0.5) is 0 Å². The van der Waals surface area contributed by atoms with E-state index in [9.17, 15) is 15.3 Å². The molecule has 8 atom stereocenters. The van der Waals surface area contributed by atoms with E-state index in [0.717, 1.165) is 25.7 Å². The molecule has 2 rings (SSSR count). The van der Waals surface area contributed by atoms with Gasteiger partial charge in [-0.15, -0.1) is 6.58 Å². The van der Waals surface area contributed by atoms with E-state index in [1.165, 1.54) is 0 Å². The van der Waals surface area contributed by atoms with Crippen LogP contribution in [-0.4, -0.2) is 33.1 Å². The van der Waals surface area contributed by atoms with E-state index in [1.807, 2.05) is 0 Å². The predicted octanol–water partition coefficient (Wildman–Crippen LogP) is 3.52. The van der Waals surface area contributed by atoms with Crippen LogP contribution in [0.3, 0.4) is 0 Å². The zero-order chi connectivity index (χ0) is 17.6. The summed E-state index contributed by atoms with van der Waals surface area (Å²) in [5, 5.41) is 31.5. The summed E-state index contributed by atoms with van der Waals surface area (Å²) in [6.07, 6.45) is 4.99. The van der Waals surface area contributed by atoms with Crippen LogP contribution < -0.4 is 0 Å². The summed E-state index contributed by atoms with van der Waals surface area (Å²) in [4.78, 5) is 0. The van der Waals surface area contributed by atoms with Gasteiger partial charge in [0.05, 0.1) is 17.8 Å². The van der Waals surface area contributed by atoms with Crippen LogP contribution in [0, 0.1) is 28.6 Å². The van der Waals surface area contributed by atoms with Gasteiger partial charge in [0.25, 0.3) is 0 Å². The Kier molecular flexibility index (Phi) is 5.08. The maximum absolute atomic E-state index is 10.7. The van der Waals surface area contributed by atoms with Crippen molar-refractivity contribution in [1.82, 2.24) is 0 Å². The molecular formula is C20H36O3. The SMILES string of the molecule is C=C[C@@](C)(O)CC[C@]1(C)[C@H]2C[C@@H](O)C[C@H](C)[C@]2(C)C[C@@H](O)[C@H]1C. The molecule has 3 heteroatoms. The van der Waals surface area contributed by atoms with Crippen LogP contribution in [0.15, 0.2) is 12.7 Å². The second kappa shape index (κ2) is 6.16. The molecule has 0 spiro atoms. The third-order valence-corrected chi connectivity index (χ3v) is 7.73. The Morgan fingerprint density at radius 2 is 1.83 bits per heavy atom. The van der Waals surface area contributed by atoms with Gasteiger partial charge in [0.2, 0.25) is 0 Å². The maximum atomic E-state index is 10.7. The minimum atomic E-state index is -0.875. The third kappa shape index (κ3) is 3.25. The Balaban J connectivity index is 2.34. The predicted molar refractivity (Wildman–Crippen MR) is 94.0 cm³/mol. The molecule has 23 heavy (non-hydrogen) atoms. The Bertz CT molecular complexity index is 446. The first kappa shape index (κ1) is 19.0. The molecule has 0 aromatic rings. The summed E-state index contributed by atoms with van der Waals surface area (Å²) in [6.45, 7) is 14.4. The van der Waals surface area contributed by atoms with Crippen LogP contribution >= 0.6 is 0 Å². The molecular weight excluding hydrogens is 288 g/mol. The molecule has 134 valence electrons. The van der Waals surface area contributed by atoms with E-state index in [2.05, 4.69) is 34.3 Å². The minimum Gasteiger partial charge on any atom is -0.393 e. The molecule has 0 bridgehead atoms. The number of aliphatic hydroxyl groups is 3. The largest absolute Gasteiger partial charge is 0.393 e. The molecule has 3 nitrogen and oxygen atoms in total. The molecule has 0 amide bonds. The van der Waals surface area contributed by atoms with Gasteiger partial charge in [-0.25, -0.2) is 0 Å². The molecule has 3 N–H and O–H groups in total. The standard InChI is InChI=1S/C20H36O3/c1-7-18(4,23)8-9-19(5)14(3)16(22)12-20(6)13(2)10-15(21)11-17(19)20/h7,13-17,21-23H,1,8-12H2,2-6H3/t13-,14+,15-,16+,17+,18+,19-,20-/m0/s1. The first-order valence-corrected chi connectivity index (χ1v) is 9.18. The van der Waals surface area contributed by atoms with Crippen molar-refractivity contribution in [3.05, 3.63) is 12.7 Å². The van der Waals surface area contributed by atoms with Gasteiger partial charge in [-0.05, 0) is 67.6 Å². The lowest BCUT2D eigenvalue weighted by atomic mass is 9.44. The first-order chi connectivity index (χ1) is 10.5. The molecule has 0 aliphatic heterocycles. The van der Waals surface area contributed by atoms with Crippen LogP contribution in [0.1, 0.15) is 66.7 Å². The smallest absolute Gasteiger partial charge is 0.0797 e. The fourth-order valence-corrected chi connectivity index (χ4v) is 5.43. The number of rotatable bonds is 4. The maximum Gasteiger partial charge on any atom is 0.0797 e. The zero-order valence-electron chi connectivity index (χ0n) is 15.5. The van der Waals surface area contributed by atoms with Crippen molar-refractivity contribution in [2.45, 2.75) is 84.5 Å². The van der Waals surface area contributed by atoms with Crippen molar-refractivity contribution in [1.29, 1.82) is 0 Å².